The van der Waals surface area contributed by atoms with Gasteiger partial charge in [0.15, 0.2) is 0 Å². The van der Waals surface area contributed by atoms with E-state index in [-0.39, 0.29) is 11.9 Å². The van der Waals surface area contributed by atoms with Crippen LogP contribution in [0.5, 0.6) is 0 Å². The molecule has 1 heterocycles. The number of carbonyl (C=O) groups is 1. The third-order valence-corrected chi connectivity index (χ3v) is 3.45. The van der Waals surface area contributed by atoms with Crippen LogP contribution in [-0.4, -0.2) is 30.4 Å². The molecule has 1 unspecified atom stereocenters. The molecule has 0 aliphatic rings. The van der Waals surface area contributed by atoms with E-state index in [1.54, 1.807) is 16.2 Å². The monoisotopic (exact) mass is 240 g/mol. The first-order valence-electron chi connectivity index (χ1n) is 5.55. The van der Waals surface area contributed by atoms with Crippen molar-refractivity contribution < 1.29 is 4.79 Å². The predicted molar refractivity (Wildman–Crippen MR) is 68.7 cm³/mol. The summed E-state index contributed by atoms with van der Waals surface area (Å²) < 4.78 is 0. The number of hydrogen-bond acceptors (Lipinski definition) is 3. The predicted octanol–water partition coefficient (Wildman–Crippen LogP) is 2.19. The van der Waals surface area contributed by atoms with Crippen molar-refractivity contribution in [2.24, 2.45) is 11.7 Å². The first-order chi connectivity index (χ1) is 7.52. The largest absolute Gasteiger partial charge is 0.342 e. The molecule has 90 valence electrons. The summed E-state index contributed by atoms with van der Waals surface area (Å²) in [5, 5.41) is 3.79. The van der Waals surface area contributed by atoms with Gasteiger partial charge in [0.1, 0.15) is 0 Å². The van der Waals surface area contributed by atoms with Crippen molar-refractivity contribution in [3.8, 4) is 0 Å². The lowest BCUT2D eigenvalue weighted by Crippen LogP contribution is -2.34. The molecule has 0 bridgehead atoms. The Labute approximate surface area is 101 Å². The quantitative estimate of drug-likeness (QED) is 0.857. The number of amides is 1. The number of rotatable bonds is 5. The maximum atomic E-state index is 11.9. The van der Waals surface area contributed by atoms with Crippen LogP contribution in [0.3, 0.4) is 0 Å². The Hall–Kier alpha value is -0.870. The van der Waals surface area contributed by atoms with Crippen LogP contribution in [0, 0.1) is 5.92 Å². The summed E-state index contributed by atoms with van der Waals surface area (Å²) >= 11 is 1.54. The van der Waals surface area contributed by atoms with Gasteiger partial charge in [0.2, 0.25) is 0 Å². The normalized spacial score (nSPS) is 12.8. The maximum Gasteiger partial charge on any atom is 0.254 e. The first-order valence-corrected chi connectivity index (χ1v) is 6.50. The minimum Gasteiger partial charge on any atom is -0.342 e. The van der Waals surface area contributed by atoms with Gasteiger partial charge in [0.25, 0.3) is 5.91 Å². The van der Waals surface area contributed by atoms with E-state index in [2.05, 4.69) is 13.8 Å². The zero-order valence-corrected chi connectivity index (χ0v) is 11.0. The van der Waals surface area contributed by atoms with Gasteiger partial charge in [0.05, 0.1) is 5.56 Å². The summed E-state index contributed by atoms with van der Waals surface area (Å²) in [5.74, 6) is 0.543. The SMILES string of the molecule is CC(C)C(N)CCN(C)C(=O)c1ccsc1. The van der Waals surface area contributed by atoms with E-state index in [4.69, 9.17) is 5.73 Å². The van der Waals surface area contributed by atoms with Crippen LogP contribution < -0.4 is 5.73 Å². The third kappa shape index (κ3) is 3.61. The lowest BCUT2D eigenvalue weighted by molar-refractivity contribution is 0.0789. The molecule has 1 atom stereocenters. The number of nitrogens with two attached hydrogens (primary N) is 1. The fourth-order valence-corrected chi connectivity index (χ4v) is 2.01. The van der Waals surface area contributed by atoms with Gasteiger partial charge in [-0.2, -0.15) is 11.3 Å². The smallest absolute Gasteiger partial charge is 0.254 e. The zero-order chi connectivity index (χ0) is 12.1. The van der Waals surface area contributed by atoms with E-state index in [0.717, 1.165) is 12.0 Å². The van der Waals surface area contributed by atoms with Gasteiger partial charge in [0, 0.05) is 25.0 Å². The second-order valence-corrected chi connectivity index (χ2v) is 5.22. The van der Waals surface area contributed by atoms with E-state index >= 15 is 0 Å². The van der Waals surface area contributed by atoms with Gasteiger partial charge in [-0.3, -0.25) is 4.79 Å². The van der Waals surface area contributed by atoms with E-state index in [9.17, 15) is 4.79 Å². The number of thiophene rings is 1. The summed E-state index contributed by atoms with van der Waals surface area (Å²) in [6.45, 7) is 4.92. The Bertz CT molecular complexity index is 322. The van der Waals surface area contributed by atoms with Crippen molar-refractivity contribution in [3.05, 3.63) is 22.4 Å². The molecule has 4 heteroatoms. The van der Waals surface area contributed by atoms with Crippen LogP contribution in [0.4, 0.5) is 0 Å². The highest BCUT2D eigenvalue weighted by molar-refractivity contribution is 7.08. The van der Waals surface area contributed by atoms with E-state index in [1.807, 2.05) is 23.9 Å². The molecule has 3 nitrogen and oxygen atoms in total. The molecule has 16 heavy (non-hydrogen) atoms. The Morgan fingerprint density at radius 3 is 2.75 bits per heavy atom. The minimum absolute atomic E-state index is 0.0807. The number of hydrogen-bond donors (Lipinski definition) is 1. The second-order valence-electron chi connectivity index (χ2n) is 4.44. The van der Waals surface area contributed by atoms with Crippen LogP contribution in [0.1, 0.15) is 30.6 Å². The fourth-order valence-electron chi connectivity index (χ4n) is 1.38. The average Bonchev–Trinajstić information content (AvgIpc) is 2.77. The van der Waals surface area contributed by atoms with E-state index in [0.29, 0.717) is 12.5 Å². The Balaban J connectivity index is 2.41. The molecule has 0 saturated carbocycles. The summed E-state index contributed by atoms with van der Waals surface area (Å²) in [7, 11) is 1.83. The summed E-state index contributed by atoms with van der Waals surface area (Å²) in [6.07, 6.45) is 0.851. The average molecular weight is 240 g/mol. The molecule has 0 aliphatic heterocycles. The molecule has 0 aliphatic carbocycles. The molecule has 0 radical (unpaired) electrons. The fraction of sp³-hybridized carbons (Fsp3) is 0.583. The van der Waals surface area contributed by atoms with Crippen LogP contribution in [0.2, 0.25) is 0 Å². The van der Waals surface area contributed by atoms with Crippen molar-refractivity contribution in [1.29, 1.82) is 0 Å². The first kappa shape index (κ1) is 13.2. The molecule has 0 fully saturated rings. The minimum atomic E-state index is 0.0807. The van der Waals surface area contributed by atoms with Crippen LogP contribution in [0.25, 0.3) is 0 Å². The van der Waals surface area contributed by atoms with Crippen molar-refractivity contribution in [1.82, 2.24) is 4.90 Å². The van der Waals surface area contributed by atoms with E-state index in [1.165, 1.54) is 0 Å². The topological polar surface area (TPSA) is 46.3 Å². The van der Waals surface area contributed by atoms with Crippen molar-refractivity contribution in [2.75, 3.05) is 13.6 Å². The number of carbonyl (C=O) groups excluding carboxylic acids is 1. The highest BCUT2D eigenvalue weighted by Crippen LogP contribution is 2.10. The maximum absolute atomic E-state index is 11.9. The van der Waals surface area contributed by atoms with Crippen LogP contribution >= 0.6 is 11.3 Å². The van der Waals surface area contributed by atoms with Crippen molar-refractivity contribution in [2.45, 2.75) is 26.3 Å². The molecule has 1 aromatic rings. The molecule has 1 rings (SSSR count). The van der Waals surface area contributed by atoms with Gasteiger partial charge in [-0.25, -0.2) is 0 Å². The molecular formula is C12H20N2OS. The molecule has 1 aromatic heterocycles. The molecule has 2 N–H and O–H groups in total. The highest BCUT2D eigenvalue weighted by Gasteiger charge is 2.14. The second kappa shape index (κ2) is 6.01. The third-order valence-electron chi connectivity index (χ3n) is 2.77. The van der Waals surface area contributed by atoms with Crippen molar-refractivity contribution in [3.63, 3.8) is 0 Å². The lowest BCUT2D eigenvalue weighted by Gasteiger charge is -2.21. The Morgan fingerprint density at radius 2 is 2.25 bits per heavy atom. The Morgan fingerprint density at radius 1 is 1.56 bits per heavy atom. The summed E-state index contributed by atoms with van der Waals surface area (Å²) in [5.41, 5.74) is 6.72. The van der Waals surface area contributed by atoms with Gasteiger partial charge in [-0.1, -0.05) is 13.8 Å². The highest BCUT2D eigenvalue weighted by atomic mass is 32.1. The number of nitrogens with zero attached hydrogens (tertiary/aromatic N) is 1. The molecule has 0 saturated heterocycles. The van der Waals surface area contributed by atoms with Gasteiger partial charge in [-0.15, -0.1) is 0 Å². The summed E-state index contributed by atoms with van der Waals surface area (Å²) in [6, 6.07) is 2.02. The molecule has 0 aromatic carbocycles. The molecule has 1 amide bonds. The molecular weight excluding hydrogens is 220 g/mol. The van der Waals surface area contributed by atoms with Crippen LogP contribution in [0.15, 0.2) is 16.8 Å². The van der Waals surface area contributed by atoms with Crippen LogP contribution in [-0.2, 0) is 0 Å². The lowest BCUT2D eigenvalue weighted by atomic mass is 10.0. The zero-order valence-electron chi connectivity index (χ0n) is 10.1. The molecule has 0 spiro atoms. The van der Waals surface area contributed by atoms with Gasteiger partial charge >= 0.3 is 0 Å². The van der Waals surface area contributed by atoms with Gasteiger partial charge < -0.3 is 10.6 Å². The van der Waals surface area contributed by atoms with Crippen molar-refractivity contribution >= 4 is 17.2 Å². The van der Waals surface area contributed by atoms with E-state index < -0.39 is 0 Å². The Kier molecular flexibility index (Phi) is 4.96. The standard InChI is InChI=1S/C12H20N2OS/c1-9(2)11(13)4-6-14(3)12(15)10-5-7-16-8-10/h5,7-9,11H,4,6,13H2,1-3H3. The summed E-state index contributed by atoms with van der Waals surface area (Å²) in [4.78, 5) is 13.6. The van der Waals surface area contributed by atoms with Gasteiger partial charge in [-0.05, 0) is 23.8 Å².